The average molecular weight is 279 g/mol. The van der Waals surface area contributed by atoms with Gasteiger partial charge in [0.1, 0.15) is 5.75 Å². The van der Waals surface area contributed by atoms with Crippen molar-refractivity contribution in [1.82, 2.24) is 10.2 Å². The number of hydrogen-bond acceptors (Lipinski definition) is 4. The molecule has 0 bridgehead atoms. The number of amides is 1. The average Bonchev–Trinajstić information content (AvgIpc) is 2.43. The van der Waals surface area contributed by atoms with Crippen LogP contribution in [0.3, 0.4) is 0 Å². The smallest absolute Gasteiger partial charge is 0.233 e. The first-order valence-corrected chi connectivity index (χ1v) is 7.07. The summed E-state index contributed by atoms with van der Waals surface area (Å²) in [5.74, 6) is 0.841. The summed E-state index contributed by atoms with van der Waals surface area (Å²) in [4.78, 5) is 13.5. The molecule has 0 unspecified atom stereocenters. The fraction of sp³-hybridized carbons (Fsp3) is 0.533. The summed E-state index contributed by atoms with van der Waals surface area (Å²) in [5, 5.41) is 2.65. The van der Waals surface area contributed by atoms with Crippen LogP contribution in [0, 0.1) is 0 Å². The number of nitrogens with zero attached hydrogens (tertiary/aromatic N) is 1. The monoisotopic (exact) mass is 279 g/mol. The maximum Gasteiger partial charge on any atom is 0.233 e. The SMILES string of the molecule is CCCN(CCCOc1cccc(N)c1)CC(=O)NC. The van der Waals surface area contributed by atoms with Crippen LogP contribution in [-0.2, 0) is 4.79 Å². The number of nitrogens with two attached hydrogens (primary N) is 1. The van der Waals surface area contributed by atoms with E-state index < -0.39 is 0 Å². The molecule has 1 aromatic carbocycles. The molecular weight excluding hydrogens is 254 g/mol. The van der Waals surface area contributed by atoms with E-state index in [9.17, 15) is 4.79 Å². The van der Waals surface area contributed by atoms with Gasteiger partial charge in [0, 0.05) is 25.3 Å². The molecular formula is C15H25N3O2. The minimum atomic E-state index is 0.0511. The number of ether oxygens (including phenoxy) is 1. The molecule has 1 amide bonds. The molecule has 3 N–H and O–H groups in total. The third-order valence-electron chi connectivity index (χ3n) is 2.93. The minimum absolute atomic E-state index is 0.0511. The number of nitrogen functional groups attached to an aromatic ring is 1. The lowest BCUT2D eigenvalue weighted by molar-refractivity contribution is -0.121. The molecule has 20 heavy (non-hydrogen) atoms. The van der Waals surface area contributed by atoms with Gasteiger partial charge in [-0.05, 0) is 31.5 Å². The van der Waals surface area contributed by atoms with Gasteiger partial charge >= 0.3 is 0 Å². The molecule has 0 saturated heterocycles. The van der Waals surface area contributed by atoms with Crippen molar-refractivity contribution in [2.45, 2.75) is 19.8 Å². The van der Waals surface area contributed by atoms with E-state index >= 15 is 0 Å². The maximum absolute atomic E-state index is 11.4. The van der Waals surface area contributed by atoms with Crippen LogP contribution in [0.15, 0.2) is 24.3 Å². The van der Waals surface area contributed by atoms with Crippen LogP contribution in [0.2, 0.25) is 0 Å². The van der Waals surface area contributed by atoms with Crippen molar-refractivity contribution in [2.75, 3.05) is 39.0 Å². The molecule has 0 spiro atoms. The van der Waals surface area contributed by atoms with E-state index in [1.807, 2.05) is 24.3 Å². The summed E-state index contributed by atoms with van der Waals surface area (Å²) >= 11 is 0. The number of anilines is 1. The van der Waals surface area contributed by atoms with Gasteiger partial charge in [0.15, 0.2) is 0 Å². The molecule has 0 heterocycles. The Balaban J connectivity index is 2.27. The molecule has 0 fully saturated rings. The predicted octanol–water partition coefficient (Wildman–Crippen LogP) is 1.50. The first kappa shape index (κ1) is 16.3. The van der Waals surface area contributed by atoms with Crippen molar-refractivity contribution >= 4 is 11.6 Å². The summed E-state index contributed by atoms with van der Waals surface area (Å²) in [6.07, 6.45) is 1.92. The quantitative estimate of drug-likeness (QED) is 0.531. The molecule has 1 aromatic rings. The van der Waals surface area contributed by atoms with Crippen LogP contribution in [0.25, 0.3) is 0 Å². The summed E-state index contributed by atoms with van der Waals surface area (Å²) in [7, 11) is 1.66. The van der Waals surface area contributed by atoms with Crippen LogP contribution in [0.1, 0.15) is 19.8 Å². The van der Waals surface area contributed by atoms with E-state index in [1.54, 1.807) is 7.05 Å². The molecule has 0 atom stereocenters. The summed E-state index contributed by atoms with van der Waals surface area (Å²) < 4.78 is 5.64. The van der Waals surface area contributed by atoms with E-state index in [0.29, 0.717) is 18.8 Å². The van der Waals surface area contributed by atoms with E-state index in [-0.39, 0.29) is 5.91 Å². The fourth-order valence-electron chi connectivity index (χ4n) is 1.95. The van der Waals surface area contributed by atoms with Crippen LogP contribution in [0.4, 0.5) is 5.69 Å². The van der Waals surface area contributed by atoms with Crippen LogP contribution in [-0.4, -0.2) is 44.1 Å². The first-order chi connectivity index (χ1) is 9.65. The van der Waals surface area contributed by atoms with Gasteiger partial charge in [-0.1, -0.05) is 13.0 Å². The molecule has 0 saturated carbocycles. The van der Waals surface area contributed by atoms with Gasteiger partial charge in [-0.25, -0.2) is 0 Å². The van der Waals surface area contributed by atoms with Gasteiger partial charge in [-0.3, -0.25) is 9.69 Å². The molecule has 5 nitrogen and oxygen atoms in total. The second kappa shape index (κ2) is 9.20. The summed E-state index contributed by atoms with van der Waals surface area (Å²) in [6.45, 7) is 4.95. The number of likely N-dealkylation sites (N-methyl/N-ethyl adjacent to an activating group) is 1. The highest BCUT2D eigenvalue weighted by Crippen LogP contribution is 2.14. The van der Waals surface area contributed by atoms with Gasteiger partial charge in [0.05, 0.1) is 13.2 Å². The normalized spacial score (nSPS) is 10.6. The maximum atomic E-state index is 11.4. The molecule has 0 aromatic heterocycles. The van der Waals surface area contributed by atoms with Crippen molar-refractivity contribution in [1.29, 1.82) is 0 Å². The third kappa shape index (κ3) is 6.43. The predicted molar refractivity (Wildman–Crippen MR) is 81.8 cm³/mol. The number of rotatable bonds is 9. The Bertz CT molecular complexity index is 410. The zero-order valence-corrected chi connectivity index (χ0v) is 12.4. The Hall–Kier alpha value is -1.75. The number of hydrogen-bond donors (Lipinski definition) is 2. The topological polar surface area (TPSA) is 67.6 Å². The van der Waals surface area contributed by atoms with Crippen molar-refractivity contribution in [3.63, 3.8) is 0 Å². The van der Waals surface area contributed by atoms with E-state index in [1.165, 1.54) is 0 Å². The molecule has 112 valence electrons. The minimum Gasteiger partial charge on any atom is -0.493 e. The lowest BCUT2D eigenvalue weighted by atomic mass is 10.3. The third-order valence-corrected chi connectivity index (χ3v) is 2.93. The van der Waals surface area contributed by atoms with Gasteiger partial charge in [-0.15, -0.1) is 0 Å². The molecule has 0 aliphatic rings. The fourth-order valence-corrected chi connectivity index (χ4v) is 1.95. The molecule has 0 radical (unpaired) electrons. The summed E-state index contributed by atoms with van der Waals surface area (Å²) in [5.41, 5.74) is 6.39. The highest BCUT2D eigenvalue weighted by Gasteiger charge is 2.08. The number of benzene rings is 1. The van der Waals surface area contributed by atoms with Crippen molar-refractivity contribution in [3.8, 4) is 5.75 Å². The van der Waals surface area contributed by atoms with E-state index in [0.717, 1.165) is 31.7 Å². The van der Waals surface area contributed by atoms with Gasteiger partial charge in [0.2, 0.25) is 5.91 Å². The zero-order chi connectivity index (χ0) is 14.8. The lowest BCUT2D eigenvalue weighted by Crippen LogP contribution is -2.37. The molecule has 0 aliphatic heterocycles. The van der Waals surface area contributed by atoms with Crippen LogP contribution in [0.5, 0.6) is 5.75 Å². The zero-order valence-electron chi connectivity index (χ0n) is 12.4. The van der Waals surface area contributed by atoms with Gasteiger partial charge < -0.3 is 15.8 Å². The number of nitrogens with one attached hydrogen (secondary N) is 1. The van der Waals surface area contributed by atoms with E-state index in [2.05, 4.69) is 17.1 Å². The Kier molecular flexibility index (Phi) is 7.50. The van der Waals surface area contributed by atoms with Crippen LogP contribution < -0.4 is 15.8 Å². The second-order valence-electron chi connectivity index (χ2n) is 4.72. The van der Waals surface area contributed by atoms with Gasteiger partial charge in [0.25, 0.3) is 0 Å². The Morgan fingerprint density at radius 3 is 2.85 bits per heavy atom. The van der Waals surface area contributed by atoms with E-state index in [4.69, 9.17) is 10.5 Å². The van der Waals surface area contributed by atoms with Crippen molar-refractivity contribution in [2.24, 2.45) is 0 Å². The lowest BCUT2D eigenvalue weighted by Gasteiger charge is -2.20. The van der Waals surface area contributed by atoms with Crippen molar-refractivity contribution < 1.29 is 9.53 Å². The first-order valence-electron chi connectivity index (χ1n) is 7.07. The highest BCUT2D eigenvalue weighted by atomic mass is 16.5. The largest absolute Gasteiger partial charge is 0.493 e. The Labute approximate surface area is 121 Å². The highest BCUT2D eigenvalue weighted by molar-refractivity contribution is 5.77. The standard InChI is InChI=1S/C15H25N3O2/c1-3-8-18(12-15(19)17-2)9-5-10-20-14-7-4-6-13(16)11-14/h4,6-7,11H,3,5,8-10,12,16H2,1-2H3,(H,17,19). The van der Waals surface area contributed by atoms with Gasteiger partial charge in [-0.2, -0.15) is 0 Å². The van der Waals surface area contributed by atoms with Crippen LogP contribution >= 0.6 is 0 Å². The Morgan fingerprint density at radius 2 is 2.20 bits per heavy atom. The molecule has 0 aliphatic carbocycles. The number of carbonyl (C=O) groups is 1. The summed E-state index contributed by atoms with van der Waals surface area (Å²) in [6, 6.07) is 7.41. The van der Waals surface area contributed by atoms with Crippen molar-refractivity contribution in [3.05, 3.63) is 24.3 Å². The molecule has 1 rings (SSSR count). The number of carbonyl (C=O) groups excluding carboxylic acids is 1. The Morgan fingerprint density at radius 1 is 1.40 bits per heavy atom. The molecule has 5 heteroatoms. The second-order valence-corrected chi connectivity index (χ2v) is 4.72.